The van der Waals surface area contributed by atoms with Crippen molar-refractivity contribution in [2.24, 2.45) is 0 Å². The monoisotopic (exact) mass is 969 g/mol. The van der Waals surface area contributed by atoms with Gasteiger partial charge in [0.1, 0.15) is 0 Å². The fourth-order valence-corrected chi connectivity index (χ4v) is 3.28. The predicted octanol–water partition coefficient (Wildman–Crippen LogP) is -8.70. The first-order chi connectivity index (χ1) is 17.9. The summed E-state index contributed by atoms with van der Waals surface area (Å²) in [6.45, 7) is 0. The molecule has 0 aliphatic rings. The van der Waals surface area contributed by atoms with Gasteiger partial charge in [-0.25, -0.2) is 0 Å². The van der Waals surface area contributed by atoms with Gasteiger partial charge in [-0.3, -0.25) is 0 Å². The normalized spacial score (nSPS) is 11.3. The van der Waals surface area contributed by atoms with Crippen LogP contribution >= 0.6 is 0 Å². The van der Waals surface area contributed by atoms with E-state index in [1.54, 1.807) is 0 Å². The number of hydrogen-bond acceptors (Lipinski definition) is 18. The van der Waals surface area contributed by atoms with Crippen LogP contribution < -0.4 is 76.2 Å². The van der Waals surface area contributed by atoms with Crippen molar-refractivity contribution in [2.45, 2.75) is 0 Å². The minimum Gasteiger partial charge on any atom is -1.00 e. The third kappa shape index (κ3) is 8.52. The molecule has 0 N–H and O–H groups in total. The predicted molar refractivity (Wildman–Crippen MR) is 101 cm³/mol. The van der Waals surface area contributed by atoms with E-state index in [0.29, 0.717) is 0 Å². The summed E-state index contributed by atoms with van der Waals surface area (Å²) in [6, 6.07) is 0. The van der Waals surface area contributed by atoms with Crippen LogP contribution in [-0.2, 0) is 100 Å². The van der Waals surface area contributed by atoms with Crippen LogP contribution in [0.1, 0.15) is 0 Å². The van der Waals surface area contributed by atoms with Crippen molar-refractivity contribution in [3.63, 3.8) is 0 Å². The van der Waals surface area contributed by atoms with E-state index in [4.69, 9.17) is 94.7 Å². The van der Waals surface area contributed by atoms with Crippen LogP contribution in [-0.4, -0.2) is 0 Å². The largest absolute Gasteiger partial charge is 3.00 e. The summed E-state index contributed by atoms with van der Waals surface area (Å²) < 4.78 is 0. The molecule has 4 radical (unpaired) electrons. The zero-order chi connectivity index (χ0) is 32.0. The number of hydrogen-bond donors (Lipinski definition) is 0. The summed E-state index contributed by atoms with van der Waals surface area (Å²) in [5, 5.41) is 154. The van der Waals surface area contributed by atoms with Gasteiger partial charge >= 0.3 is 336 Å². The summed E-state index contributed by atoms with van der Waals surface area (Å²) in [5.74, 6) is 0. The van der Waals surface area contributed by atoms with Crippen LogP contribution in [0.5, 0.6) is 0 Å². The van der Waals surface area contributed by atoms with Crippen molar-refractivity contribution in [1.82, 2.24) is 0 Å². The van der Waals surface area contributed by atoms with Crippen molar-refractivity contribution in [2.75, 3.05) is 0 Å². The average molecular weight is 969 g/mol. The van der Waals surface area contributed by atoms with Gasteiger partial charge in [-0.2, -0.15) is 0 Å². The minimum atomic E-state index is -6.17. The Kier molecular flexibility index (Phi) is 29.2. The van der Waals surface area contributed by atoms with Gasteiger partial charge in [-0.1, -0.05) is 0 Å². The maximum absolute atomic E-state index is 8.58. The van der Waals surface area contributed by atoms with Crippen molar-refractivity contribution in [1.29, 1.82) is 94.7 Å². The summed E-state index contributed by atoms with van der Waals surface area (Å²) in [4.78, 5) is 18.6. The van der Waals surface area contributed by atoms with E-state index in [0.717, 1.165) is 89.4 Å². The maximum atomic E-state index is 8.58. The van der Waals surface area contributed by atoms with Crippen LogP contribution in [0.2, 0.25) is 0 Å². The van der Waals surface area contributed by atoms with Gasteiger partial charge in [0.05, 0.1) is 0 Å². The molecule has 0 saturated heterocycles. The Labute approximate surface area is 355 Å². The third-order valence-electron chi connectivity index (χ3n) is 3.56. The molecule has 233 valence electrons. The molecule has 46 heavy (non-hydrogen) atoms. The zero-order valence-electron chi connectivity index (χ0n) is 21.3. The van der Waals surface area contributed by atoms with Gasteiger partial charge in [-0.15, -0.1) is 0 Å². The first kappa shape index (κ1) is 69.4. The van der Waals surface area contributed by atoms with Crippen LogP contribution in [0.15, 0.2) is 0 Å². The van der Waals surface area contributed by atoms with Gasteiger partial charge in [0, 0.05) is 0 Å². The molecule has 0 aliphatic carbocycles. The number of halogens is 2. The standard InChI is InChI=1S/18CN.2ClH.7Fe.K/c18*1-2;;;;;;;;;;/h;;;;;;;;;;;;;;;;;;2*1H;;;;;;;;/q;;;;;;;;;;;;;;;;;;;;2*-4;-3;4*+3;+1/p-2. The van der Waals surface area contributed by atoms with Gasteiger partial charge in [0.15, 0.2) is 0 Å². The molecule has 0 aromatic carbocycles. The molecule has 0 aromatic heterocycles. The van der Waals surface area contributed by atoms with Gasteiger partial charge in [0.2, 0.25) is 0 Å². The van der Waals surface area contributed by atoms with Crippen LogP contribution in [0.4, 0.5) is 0 Å². The first-order valence-corrected chi connectivity index (χ1v) is 17.1. The smallest absolute Gasteiger partial charge is 1.00 e. The van der Waals surface area contributed by atoms with Crippen molar-refractivity contribution < 1.29 is 177 Å². The molecule has 0 unspecified atom stereocenters. The Morgan fingerprint density at radius 2 is 0.348 bits per heavy atom. The third-order valence-corrected chi connectivity index (χ3v) is 14.7. The summed E-state index contributed by atoms with van der Waals surface area (Å²) >= 11 is 0. The molecule has 0 atom stereocenters. The topological polar surface area (TPSA) is 428 Å². The van der Waals surface area contributed by atoms with Crippen LogP contribution in [0, 0.1) is 184 Å². The molecule has 0 heterocycles. The van der Waals surface area contributed by atoms with Crippen LogP contribution in [0.3, 0.4) is 0 Å². The molecule has 0 spiro atoms. The molecule has 0 rings (SSSR count). The SMILES string of the molecule is N#[C][Fe-3]([C]#N)([C]#N)([C]#N)([C]#N)[C]#N.N#[C][Fe-4]([C]#N)([C]#N)([C]#N)([C]#N)[C]#N.N#[C][Fe-4]([C]#N)([C]#N)([C]#N)([C]#N)[C]#N.[Cl-].[Cl-].[Fe+3].[Fe+3].[Fe+3].[Fe+3].[K+]. The van der Waals surface area contributed by atoms with E-state index >= 15 is 0 Å². The maximum Gasteiger partial charge on any atom is 3.00 e. The van der Waals surface area contributed by atoms with Gasteiger partial charge < -0.3 is 24.8 Å². The Bertz CT molecular complexity index is 1430. The zero-order valence-corrected chi connectivity index (χ0v) is 33.6. The second-order valence-electron chi connectivity index (χ2n) is 5.40. The Morgan fingerprint density at radius 3 is 0.348 bits per heavy atom. The van der Waals surface area contributed by atoms with Crippen molar-refractivity contribution >= 4 is 0 Å². The molecule has 28 heteroatoms. The molecule has 0 saturated carbocycles. The van der Waals surface area contributed by atoms with E-state index < -0.39 is 32.2 Å². The molecule has 0 aromatic rings. The average Bonchev–Trinajstić information content (AvgIpc) is 3.06. The quantitative estimate of drug-likeness (QED) is 0.203. The van der Waals surface area contributed by atoms with E-state index in [1.165, 1.54) is 0 Å². The van der Waals surface area contributed by atoms with E-state index in [1.807, 2.05) is 0 Å². The fourth-order valence-electron chi connectivity index (χ4n) is 0.795. The summed E-state index contributed by atoms with van der Waals surface area (Å²) in [5.41, 5.74) is 0. The Balaban J connectivity index is -0.0000000491. The molecule has 0 bridgehead atoms. The second kappa shape index (κ2) is 19.4. The van der Waals surface area contributed by atoms with E-state index in [-0.39, 0.29) is 144 Å². The van der Waals surface area contributed by atoms with Crippen LogP contribution in [0.25, 0.3) is 0 Å². The summed E-state index contributed by atoms with van der Waals surface area (Å²) in [7, 11) is -18.5. The van der Waals surface area contributed by atoms with Gasteiger partial charge in [-0.05, 0) is 0 Å². The van der Waals surface area contributed by atoms with Gasteiger partial charge in [0.25, 0.3) is 0 Å². The summed E-state index contributed by atoms with van der Waals surface area (Å²) in [6.07, 6.45) is 0. The minimum absolute atomic E-state index is 0. The van der Waals surface area contributed by atoms with E-state index in [9.17, 15) is 0 Å². The second-order valence-corrected chi connectivity index (χ2v) is 22.3. The van der Waals surface area contributed by atoms with Crippen molar-refractivity contribution in [3.8, 4) is 89.4 Å². The number of nitrogens with zero attached hydrogens (tertiary/aromatic N) is 18. The van der Waals surface area contributed by atoms with Crippen molar-refractivity contribution in [3.05, 3.63) is 0 Å². The Morgan fingerprint density at radius 1 is 0.261 bits per heavy atom. The number of nitriles is 18. The molecule has 0 amide bonds. The Hall–Kier alpha value is -3.33. The van der Waals surface area contributed by atoms with E-state index in [2.05, 4.69) is 0 Å². The molecular weight excluding hydrogens is 969 g/mol. The fraction of sp³-hybridized carbons (Fsp3) is 0. The first-order valence-electron chi connectivity index (χ1n) is 7.21. The molecular formula is C18Cl2Fe7KN18. The molecule has 18 nitrogen and oxygen atoms in total. The molecule has 0 fully saturated rings. The molecule has 0 aliphatic heterocycles. The number of rotatable bonds is 0.